The fourth-order valence-electron chi connectivity index (χ4n) is 1.77. The van der Waals surface area contributed by atoms with Crippen LogP contribution in [-0.4, -0.2) is 24.6 Å². The number of rotatable bonds is 3. The van der Waals surface area contributed by atoms with Crippen LogP contribution in [0.1, 0.15) is 32.1 Å². The first-order valence-corrected chi connectivity index (χ1v) is 4.58. The summed E-state index contributed by atoms with van der Waals surface area (Å²) in [5.74, 6) is 0.462. The molecule has 1 rings (SSSR count). The summed E-state index contributed by atoms with van der Waals surface area (Å²) in [6.45, 7) is 0.768. The predicted octanol–water partition coefficient (Wildman–Crippen LogP) is 2.04. The zero-order valence-electron chi connectivity index (χ0n) is 7.62. The van der Waals surface area contributed by atoms with Crippen molar-refractivity contribution >= 4 is 5.71 Å². The van der Waals surface area contributed by atoms with E-state index in [2.05, 4.69) is 5.16 Å². The largest absolute Gasteiger partial charge is 0.411 e. The monoisotopic (exact) mass is 171 g/mol. The van der Waals surface area contributed by atoms with Gasteiger partial charge in [0.05, 0.1) is 5.71 Å². The van der Waals surface area contributed by atoms with Crippen LogP contribution in [0.5, 0.6) is 0 Å². The topological polar surface area (TPSA) is 41.8 Å². The van der Waals surface area contributed by atoms with Gasteiger partial charge in [-0.2, -0.15) is 0 Å². The molecule has 0 heterocycles. The average molecular weight is 171 g/mol. The van der Waals surface area contributed by atoms with Crippen LogP contribution in [0.25, 0.3) is 0 Å². The summed E-state index contributed by atoms with van der Waals surface area (Å²) in [5.41, 5.74) is 0.971. The van der Waals surface area contributed by atoms with E-state index < -0.39 is 0 Å². The molecule has 1 unspecified atom stereocenters. The smallest absolute Gasteiger partial charge is 0.0602 e. The fraction of sp³-hybridized carbons (Fsp3) is 0.889. The van der Waals surface area contributed by atoms with Gasteiger partial charge in [0.15, 0.2) is 0 Å². The van der Waals surface area contributed by atoms with Crippen LogP contribution >= 0.6 is 0 Å². The van der Waals surface area contributed by atoms with Crippen molar-refractivity contribution in [2.24, 2.45) is 11.1 Å². The Labute approximate surface area is 73.4 Å². The number of ether oxygens (including phenoxy) is 1. The van der Waals surface area contributed by atoms with Crippen molar-refractivity contribution in [2.75, 3.05) is 13.7 Å². The first-order valence-electron chi connectivity index (χ1n) is 4.58. The van der Waals surface area contributed by atoms with Crippen LogP contribution in [0, 0.1) is 5.92 Å². The molecule has 0 aromatic carbocycles. The lowest BCUT2D eigenvalue weighted by Gasteiger charge is -2.22. The van der Waals surface area contributed by atoms with Crippen molar-refractivity contribution in [2.45, 2.75) is 32.1 Å². The van der Waals surface area contributed by atoms with Crippen LogP contribution in [-0.2, 0) is 4.74 Å². The Morgan fingerprint density at radius 1 is 1.58 bits per heavy atom. The van der Waals surface area contributed by atoms with Gasteiger partial charge in [-0.05, 0) is 25.7 Å². The quantitative estimate of drug-likeness (QED) is 0.521. The summed E-state index contributed by atoms with van der Waals surface area (Å²) in [5, 5.41) is 12.1. The predicted molar refractivity (Wildman–Crippen MR) is 47.7 cm³/mol. The minimum absolute atomic E-state index is 0.462. The van der Waals surface area contributed by atoms with E-state index in [0.717, 1.165) is 31.6 Å². The molecule has 0 radical (unpaired) electrons. The second-order valence-electron chi connectivity index (χ2n) is 3.32. The Hall–Kier alpha value is -0.570. The lowest BCUT2D eigenvalue weighted by Crippen LogP contribution is -2.20. The highest BCUT2D eigenvalue weighted by Gasteiger charge is 2.20. The number of hydrogen-bond acceptors (Lipinski definition) is 3. The van der Waals surface area contributed by atoms with Crippen LogP contribution in [0.2, 0.25) is 0 Å². The summed E-state index contributed by atoms with van der Waals surface area (Å²) in [6.07, 6.45) is 5.54. The van der Waals surface area contributed by atoms with Gasteiger partial charge in [0.25, 0.3) is 0 Å². The zero-order valence-corrected chi connectivity index (χ0v) is 7.62. The van der Waals surface area contributed by atoms with E-state index in [-0.39, 0.29) is 0 Å². The molecule has 3 heteroatoms. The van der Waals surface area contributed by atoms with Crippen LogP contribution in [0.15, 0.2) is 5.16 Å². The molecule has 1 fully saturated rings. The first-order chi connectivity index (χ1) is 5.88. The molecule has 0 saturated heterocycles. The Balaban J connectivity index is 2.37. The highest BCUT2D eigenvalue weighted by molar-refractivity contribution is 5.86. The van der Waals surface area contributed by atoms with E-state index in [1.54, 1.807) is 7.11 Å². The molecule has 0 bridgehead atoms. The summed E-state index contributed by atoms with van der Waals surface area (Å²) in [6, 6.07) is 0. The Morgan fingerprint density at radius 3 is 3.08 bits per heavy atom. The van der Waals surface area contributed by atoms with Gasteiger partial charge in [0.2, 0.25) is 0 Å². The maximum atomic E-state index is 8.71. The molecule has 70 valence electrons. The molecule has 0 aromatic heterocycles. The van der Waals surface area contributed by atoms with Gasteiger partial charge in [-0.3, -0.25) is 0 Å². The lowest BCUT2D eigenvalue weighted by atomic mass is 9.85. The molecule has 0 amide bonds. The molecule has 1 saturated carbocycles. The van der Waals surface area contributed by atoms with Gasteiger partial charge in [0, 0.05) is 19.6 Å². The maximum Gasteiger partial charge on any atom is 0.0602 e. The maximum absolute atomic E-state index is 8.71. The standard InChI is InChI=1S/C9H17NO2/c1-12-7-6-8-4-2-3-5-9(8)10-11/h8,11H,2-7H2,1H3/b10-9+. The van der Waals surface area contributed by atoms with Gasteiger partial charge in [0.1, 0.15) is 0 Å². The van der Waals surface area contributed by atoms with Gasteiger partial charge < -0.3 is 9.94 Å². The average Bonchev–Trinajstić information content (AvgIpc) is 2.15. The summed E-state index contributed by atoms with van der Waals surface area (Å²) in [7, 11) is 1.71. The third-order valence-electron chi connectivity index (χ3n) is 2.51. The Morgan fingerprint density at radius 2 is 2.42 bits per heavy atom. The summed E-state index contributed by atoms with van der Waals surface area (Å²) in [4.78, 5) is 0. The van der Waals surface area contributed by atoms with Crippen molar-refractivity contribution in [1.82, 2.24) is 0 Å². The number of nitrogens with zero attached hydrogens (tertiary/aromatic N) is 1. The molecule has 3 nitrogen and oxygen atoms in total. The van der Waals surface area contributed by atoms with E-state index >= 15 is 0 Å². The molecule has 1 atom stereocenters. The minimum atomic E-state index is 0.462. The van der Waals surface area contributed by atoms with Crippen molar-refractivity contribution in [3.63, 3.8) is 0 Å². The van der Waals surface area contributed by atoms with E-state index in [1.165, 1.54) is 12.8 Å². The number of oxime groups is 1. The van der Waals surface area contributed by atoms with Crippen molar-refractivity contribution in [3.8, 4) is 0 Å². The van der Waals surface area contributed by atoms with Gasteiger partial charge in [-0.15, -0.1) is 0 Å². The molecule has 0 aromatic rings. The molecule has 1 aliphatic rings. The van der Waals surface area contributed by atoms with E-state index in [9.17, 15) is 0 Å². The number of methoxy groups -OCH3 is 1. The van der Waals surface area contributed by atoms with Crippen LogP contribution in [0.3, 0.4) is 0 Å². The minimum Gasteiger partial charge on any atom is -0.411 e. The second-order valence-corrected chi connectivity index (χ2v) is 3.32. The third kappa shape index (κ3) is 2.48. The molecule has 0 aliphatic heterocycles. The van der Waals surface area contributed by atoms with E-state index in [4.69, 9.17) is 9.94 Å². The van der Waals surface area contributed by atoms with Crippen LogP contribution < -0.4 is 0 Å². The summed E-state index contributed by atoms with van der Waals surface area (Å²) >= 11 is 0. The highest BCUT2D eigenvalue weighted by atomic mass is 16.5. The molecule has 1 aliphatic carbocycles. The van der Waals surface area contributed by atoms with Crippen molar-refractivity contribution in [1.29, 1.82) is 0 Å². The zero-order chi connectivity index (χ0) is 8.81. The summed E-state index contributed by atoms with van der Waals surface area (Å²) < 4.78 is 5.00. The molecule has 1 N–H and O–H groups in total. The van der Waals surface area contributed by atoms with Crippen LogP contribution in [0.4, 0.5) is 0 Å². The molecule has 12 heavy (non-hydrogen) atoms. The van der Waals surface area contributed by atoms with Gasteiger partial charge in [-0.25, -0.2) is 0 Å². The van der Waals surface area contributed by atoms with Gasteiger partial charge >= 0.3 is 0 Å². The molecule has 0 spiro atoms. The lowest BCUT2D eigenvalue weighted by molar-refractivity contribution is 0.182. The van der Waals surface area contributed by atoms with Crippen molar-refractivity contribution in [3.05, 3.63) is 0 Å². The Bertz CT molecular complexity index is 157. The van der Waals surface area contributed by atoms with E-state index in [0.29, 0.717) is 5.92 Å². The van der Waals surface area contributed by atoms with Gasteiger partial charge in [-0.1, -0.05) is 11.6 Å². The normalized spacial score (nSPS) is 27.8. The fourth-order valence-corrected chi connectivity index (χ4v) is 1.77. The number of hydrogen-bond donors (Lipinski definition) is 1. The third-order valence-corrected chi connectivity index (χ3v) is 2.51. The highest BCUT2D eigenvalue weighted by Crippen LogP contribution is 2.24. The first kappa shape index (κ1) is 9.52. The Kier molecular flexibility index (Phi) is 4.08. The van der Waals surface area contributed by atoms with Crippen molar-refractivity contribution < 1.29 is 9.94 Å². The molecular weight excluding hydrogens is 154 g/mol. The SMILES string of the molecule is COCCC1CCCC/C1=N\O. The second kappa shape index (κ2) is 5.14. The molecular formula is C9H17NO2. The van der Waals surface area contributed by atoms with E-state index in [1.807, 2.05) is 0 Å².